The number of hydrogen-bond acceptors (Lipinski definition) is 4. The van der Waals surface area contributed by atoms with Gasteiger partial charge < -0.3 is 15.2 Å². The summed E-state index contributed by atoms with van der Waals surface area (Å²) < 4.78 is 5.97. The predicted molar refractivity (Wildman–Crippen MR) is 139 cm³/mol. The maximum absolute atomic E-state index is 10.0. The van der Waals surface area contributed by atoms with Gasteiger partial charge >= 0.3 is 0 Å². The van der Waals surface area contributed by atoms with E-state index in [-0.39, 0.29) is 11.8 Å². The molecule has 0 unspecified atom stereocenters. The molecule has 2 N–H and O–H groups in total. The maximum Gasteiger partial charge on any atom is 0.171 e. The molecule has 0 bridgehead atoms. The van der Waals surface area contributed by atoms with Gasteiger partial charge in [0, 0.05) is 17.8 Å². The zero-order valence-corrected chi connectivity index (χ0v) is 20.2. The van der Waals surface area contributed by atoms with Gasteiger partial charge in [0.25, 0.3) is 0 Å². The number of aryl methyl sites for hydroxylation is 1. The lowest BCUT2D eigenvalue weighted by atomic mass is 9.76. The van der Waals surface area contributed by atoms with Crippen molar-refractivity contribution in [3.8, 4) is 11.5 Å². The molecule has 0 spiro atoms. The number of nitrogens with zero attached hydrogens (tertiary/aromatic N) is 1. The highest BCUT2D eigenvalue weighted by atomic mass is 127. The lowest BCUT2D eigenvalue weighted by molar-refractivity contribution is 0.371. The molecule has 0 fully saturated rings. The molecule has 1 aliphatic carbocycles. The van der Waals surface area contributed by atoms with E-state index in [1.54, 1.807) is 19.4 Å². The zero-order chi connectivity index (χ0) is 22.2. The number of nitrogens with one attached hydrogen (secondary N) is 1. The number of fused-ring (bicyclic) bond motifs is 3. The van der Waals surface area contributed by atoms with Gasteiger partial charge in [-0.2, -0.15) is 0 Å². The second-order valence-electron chi connectivity index (χ2n) is 8.47. The molecule has 0 radical (unpaired) electrons. The van der Waals surface area contributed by atoms with Gasteiger partial charge in [-0.3, -0.25) is 4.99 Å². The molecule has 0 saturated heterocycles. The van der Waals surface area contributed by atoms with Crippen LogP contribution in [-0.2, 0) is 0 Å². The van der Waals surface area contributed by atoms with E-state index in [0.717, 1.165) is 21.2 Å². The van der Waals surface area contributed by atoms with Crippen LogP contribution in [0.15, 0.2) is 71.7 Å². The van der Waals surface area contributed by atoms with Crippen LogP contribution in [-0.4, -0.2) is 18.4 Å². The quantitative estimate of drug-likeness (QED) is 0.217. The Morgan fingerprint density at radius 1 is 1.12 bits per heavy atom. The minimum absolute atomic E-state index is 0.158. The minimum Gasteiger partial charge on any atom is -0.504 e. The number of hydrogen-bond donors (Lipinski definition) is 2. The van der Waals surface area contributed by atoms with Crippen molar-refractivity contribution in [3.05, 3.63) is 92.6 Å². The Kier molecular flexibility index (Phi) is 5.67. The van der Waals surface area contributed by atoms with Crippen LogP contribution in [0.4, 0.5) is 11.4 Å². The van der Waals surface area contributed by atoms with Crippen LogP contribution in [0.1, 0.15) is 40.6 Å². The summed E-state index contributed by atoms with van der Waals surface area (Å²) >= 11 is 2.09. The fourth-order valence-electron chi connectivity index (χ4n) is 4.78. The van der Waals surface area contributed by atoms with Crippen molar-refractivity contribution in [2.75, 3.05) is 12.4 Å². The third-order valence-corrected chi connectivity index (χ3v) is 7.23. The average molecular weight is 536 g/mol. The molecule has 3 aromatic rings. The van der Waals surface area contributed by atoms with Crippen molar-refractivity contribution in [3.63, 3.8) is 0 Å². The largest absolute Gasteiger partial charge is 0.504 e. The molecule has 0 aromatic heterocycles. The molecule has 162 valence electrons. The fourth-order valence-corrected chi connectivity index (χ4v) is 5.41. The molecular formula is C27H25IN2O2. The lowest BCUT2D eigenvalue weighted by Gasteiger charge is -2.37. The van der Waals surface area contributed by atoms with Crippen molar-refractivity contribution in [2.24, 2.45) is 10.9 Å². The molecule has 0 saturated carbocycles. The highest BCUT2D eigenvalue weighted by Gasteiger charge is 2.37. The maximum atomic E-state index is 10.0. The Hall–Kier alpha value is -2.80. The highest BCUT2D eigenvalue weighted by Crippen LogP contribution is 2.50. The molecule has 2 aliphatic rings. The number of anilines is 1. The summed E-state index contributed by atoms with van der Waals surface area (Å²) in [5.41, 5.74) is 7.03. The zero-order valence-electron chi connectivity index (χ0n) is 18.0. The first-order chi connectivity index (χ1) is 15.5. The molecule has 5 rings (SSSR count). The van der Waals surface area contributed by atoms with E-state index >= 15 is 0 Å². The summed E-state index contributed by atoms with van der Waals surface area (Å²) in [5, 5.41) is 13.8. The van der Waals surface area contributed by atoms with E-state index in [1.165, 1.54) is 22.4 Å². The first kappa shape index (κ1) is 21.1. The van der Waals surface area contributed by atoms with Gasteiger partial charge in [-0.15, -0.1) is 0 Å². The molecule has 1 aliphatic heterocycles. The fraction of sp³-hybridized carbons (Fsp3) is 0.222. The van der Waals surface area contributed by atoms with Crippen molar-refractivity contribution < 1.29 is 9.84 Å². The Morgan fingerprint density at radius 2 is 1.94 bits per heavy atom. The van der Waals surface area contributed by atoms with E-state index in [0.29, 0.717) is 17.6 Å². The van der Waals surface area contributed by atoms with Crippen LogP contribution in [0, 0.1) is 16.4 Å². The number of halogens is 1. The number of methoxy groups -OCH3 is 1. The minimum atomic E-state index is 0.158. The predicted octanol–water partition coefficient (Wildman–Crippen LogP) is 6.89. The van der Waals surface area contributed by atoms with Crippen molar-refractivity contribution >= 4 is 40.2 Å². The van der Waals surface area contributed by atoms with Gasteiger partial charge in [0.05, 0.1) is 22.4 Å². The van der Waals surface area contributed by atoms with Gasteiger partial charge in [0.15, 0.2) is 11.5 Å². The Bertz CT molecular complexity index is 1220. The van der Waals surface area contributed by atoms with Gasteiger partial charge in [0.2, 0.25) is 0 Å². The van der Waals surface area contributed by atoms with E-state index < -0.39 is 0 Å². The number of benzene rings is 3. The number of aromatic hydroxyl groups is 1. The first-order valence-corrected chi connectivity index (χ1v) is 11.9. The van der Waals surface area contributed by atoms with E-state index in [4.69, 9.17) is 4.74 Å². The summed E-state index contributed by atoms with van der Waals surface area (Å²) in [5.74, 6) is 1.62. The third kappa shape index (κ3) is 3.90. The summed E-state index contributed by atoms with van der Waals surface area (Å²) in [7, 11) is 1.55. The van der Waals surface area contributed by atoms with E-state index in [2.05, 4.69) is 94.4 Å². The Balaban J connectivity index is 1.38. The summed E-state index contributed by atoms with van der Waals surface area (Å²) in [4.78, 5) is 4.62. The first-order valence-electron chi connectivity index (χ1n) is 10.8. The number of allylic oxidation sites excluding steroid dienone is 2. The number of phenolic OH excluding ortho intramolecular Hbond substituents is 1. The third-order valence-electron chi connectivity index (χ3n) is 6.40. The molecule has 0 amide bonds. The number of rotatable bonds is 4. The number of phenols is 1. The number of aliphatic imine (C=N–C) groups is 1. The average Bonchev–Trinajstić information content (AvgIpc) is 3.30. The second kappa shape index (κ2) is 8.62. The van der Waals surface area contributed by atoms with Crippen LogP contribution in [0.2, 0.25) is 0 Å². The van der Waals surface area contributed by atoms with Crippen LogP contribution >= 0.6 is 22.6 Å². The SMILES string of the molecule is COc1cc(C=Nc2ccc([C@@H]3Nc4ccc(C)cc4[C@H]4C=CC[C@H]43)cc2)cc(I)c1O. The standard InChI is InChI=1S/C27H25IN2O2/c1-16-6-11-24-22(12-16)20-4-3-5-21(20)26(30-24)18-7-9-19(10-8-18)29-15-17-13-23(28)27(31)25(14-17)32-2/h3-4,6-15,20-21,26,30-31H,5H2,1-2H3/t20-,21+,26-/m0/s1. The summed E-state index contributed by atoms with van der Waals surface area (Å²) in [6.07, 6.45) is 7.60. The Morgan fingerprint density at radius 3 is 2.72 bits per heavy atom. The van der Waals surface area contributed by atoms with Crippen LogP contribution in [0.5, 0.6) is 11.5 Å². The Labute approximate surface area is 202 Å². The smallest absolute Gasteiger partial charge is 0.171 e. The summed E-state index contributed by atoms with van der Waals surface area (Å²) in [6, 6.07) is 19.2. The lowest BCUT2D eigenvalue weighted by Crippen LogP contribution is -2.29. The topological polar surface area (TPSA) is 53.8 Å². The molecular weight excluding hydrogens is 511 g/mol. The normalized spacial score (nSPS) is 21.3. The molecule has 3 aromatic carbocycles. The van der Waals surface area contributed by atoms with E-state index in [1.807, 2.05) is 6.07 Å². The molecule has 32 heavy (non-hydrogen) atoms. The molecule has 1 heterocycles. The van der Waals surface area contributed by atoms with Gasteiger partial charge in [-0.05, 0) is 88.9 Å². The molecule has 5 heteroatoms. The van der Waals surface area contributed by atoms with Crippen molar-refractivity contribution in [2.45, 2.75) is 25.3 Å². The van der Waals surface area contributed by atoms with Gasteiger partial charge in [0.1, 0.15) is 0 Å². The van der Waals surface area contributed by atoms with Gasteiger partial charge in [-0.25, -0.2) is 0 Å². The highest BCUT2D eigenvalue weighted by molar-refractivity contribution is 14.1. The molecule has 3 atom stereocenters. The molecule has 4 nitrogen and oxygen atoms in total. The second-order valence-corrected chi connectivity index (χ2v) is 9.63. The van der Waals surface area contributed by atoms with Crippen LogP contribution in [0.3, 0.4) is 0 Å². The van der Waals surface area contributed by atoms with Crippen molar-refractivity contribution in [1.82, 2.24) is 0 Å². The summed E-state index contributed by atoms with van der Waals surface area (Å²) in [6.45, 7) is 2.16. The number of ether oxygens (including phenoxy) is 1. The van der Waals surface area contributed by atoms with Gasteiger partial charge in [-0.1, -0.05) is 42.0 Å². The monoisotopic (exact) mass is 536 g/mol. The van der Waals surface area contributed by atoms with Crippen LogP contribution < -0.4 is 10.1 Å². The van der Waals surface area contributed by atoms with Crippen molar-refractivity contribution in [1.29, 1.82) is 0 Å². The van der Waals surface area contributed by atoms with E-state index in [9.17, 15) is 5.11 Å². The van der Waals surface area contributed by atoms with Crippen LogP contribution in [0.25, 0.3) is 0 Å².